The summed E-state index contributed by atoms with van der Waals surface area (Å²) in [5.41, 5.74) is 5.99. The van der Waals surface area contributed by atoms with Gasteiger partial charge in [0.25, 0.3) is 5.91 Å². The Bertz CT molecular complexity index is 482. The molecule has 2 rings (SSSR count). The first-order valence-corrected chi connectivity index (χ1v) is 6.97. The van der Waals surface area contributed by atoms with Crippen LogP contribution in [0.2, 0.25) is 0 Å². The SMILES string of the molecule is NC(=O)c1ccccc1NC(=O)COC1CCCCC1. The molecule has 0 unspecified atom stereocenters. The summed E-state index contributed by atoms with van der Waals surface area (Å²) in [5.74, 6) is -0.821. The lowest BCUT2D eigenvalue weighted by atomic mass is 9.98. The Balaban J connectivity index is 1.86. The molecule has 0 spiro atoms. The Kier molecular flexibility index (Phi) is 5.12. The van der Waals surface area contributed by atoms with Crippen LogP contribution in [-0.4, -0.2) is 24.5 Å². The van der Waals surface area contributed by atoms with Crippen LogP contribution in [0.15, 0.2) is 24.3 Å². The molecule has 0 heterocycles. The number of para-hydroxylation sites is 1. The second-order valence-corrected chi connectivity index (χ2v) is 5.03. The largest absolute Gasteiger partial charge is 0.368 e. The minimum absolute atomic E-state index is 0.0117. The minimum atomic E-state index is -0.561. The van der Waals surface area contributed by atoms with Crippen LogP contribution in [-0.2, 0) is 9.53 Å². The van der Waals surface area contributed by atoms with Crippen molar-refractivity contribution < 1.29 is 14.3 Å². The molecular formula is C15H20N2O3. The van der Waals surface area contributed by atoms with Crippen molar-refractivity contribution in [2.45, 2.75) is 38.2 Å². The maximum Gasteiger partial charge on any atom is 0.250 e. The highest BCUT2D eigenvalue weighted by molar-refractivity contribution is 6.03. The maximum absolute atomic E-state index is 11.8. The van der Waals surface area contributed by atoms with Crippen molar-refractivity contribution in [3.63, 3.8) is 0 Å². The van der Waals surface area contributed by atoms with Crippen molar-refractivity contribution in [2.75, 3.05) is 11.9 Å². The molecule has 1 aliphatic rings. The summed E-state index contributed by atoms with van der Waals surface area (Å²) < 4.78 is 5.59. The number of amides is 2. The molecule has 1 fully saturated rings. The zero-order chi connectivity index (χ0) is 14.4. The summed E-state index contributed by atoms with van der Waals surface area (Å²) in [4.78, 5) is 23.1. The standard InChI is InChI=1S/C15H20N2O3/c16-15(19)12-8-4-5-9-13(12)17-14(18)10-20-11-6-2-1-3-7-11/h4-5,8-9,11H,1-3,6-7,10H2,(H2,16,19)(H,17,18). The van der Waals surface area contributed by atoms with Gasteiger partial charge in [-0.1, -0.05) is 31.4 Å². The Morgan fingerprint density at radius 2 is 1.90 bits per heavy atom. The molecule has 0 aromatic heterocycles. The molecule has 0 aliphatic heterocycles. The molecule has 0 atom stereocenters. The van der Waals surface area contributed by atoms with E-state index in [1.807, 2.05) is 0 Å². The number of ether oxygens (including phenoxy) is 1. The molecule has 108 valence electrons. The van der Waals surface area contributed by atoms with E-state index in [0.29, 0.717) is 11.3 Å². The molecule has 5 nitrogen and oxygen atoms in total. The van der Waals surface area contributed by atoms with E-state index in [9.17, 15) is 9.59 Å². The predicted molar refractivity (Wildman–Crippen MR) is 76.4 cm³/mol. The molecule has 1 aromatic carbocycles. The smallest absolute Gasteiger partial charge is 0.250 e. The van der Waals surface area contributed by atoms with Crippen molar-refractivity contribution in [1.82, 2.24) is 0 Å². The number of carbonyl (C=O) groups is 2. The Labute approximate surface area is 118 Å². The van der Waals surface area contributed by atoms with Gasteiger partial charge in [-0.15, -0.1) is 0 Å². The van der Waals surface area contributed by atoms with Gasteiger partial charge in [-0.2, -0.15) is 0 Å². The fourth-order valence-electron chi connectivity index (χ4n) is 2.42. The Hall–Kier alpha value is -1.88. The van der Waals surface area contributed by atoms with Gasteiger partial charge in [0, 0.05) is 0 Å². The van der Waals surface area contributed by atoms with E-state index in [-0.39, 0.29) is 18.6 Å². The molecule has 1 aromatic rings. The lowest BCUT2D eigenvalue weighted by Gasteiger charge is -2.21. The number of hydrogen-bond donors (Lipinski definition) is 2. The van der Waals surface area contributed by atoms with Crippen molar-refractivity contribution in [1.29, 1.82) is 0 Å². The molecule has 0 radical (unpaired) electrons. The van der Waals surface area contributed by atoms with Crippen LogP contribution in [0.1, 0.15) is 42.5 Å². The molecule has 5 heteroatoms. The average molecular weight is 276 g/mol. The second-order valence-electron chi connectivity index (χ2n) is 5.03. The van der Waals surface area contributed by atoms with Crippen molar-refractivity contribution >= 4 is 17.5 Å². The van der Waals surface area contributed by atoms with Crippen LogP contribution >= 0.6 is 0 Å². The quantitative estimate of drug-likeness (QED) is 0.863. The van der Waals surface area contributed by atoms with Gasteiger partial charge in [0.1, 0.15) is 6.61 Å². The molecule has 20 heavy (non-hydrogen) atoms. The van der Waals surface area contributed by atoms with E-state index < -0.39 is 5.91 Å². The van der Waals surface area contributed by atoms with E-state index in [0.717, 1.165) is 25.7 Å². The van der Waals surface area contributed by atoms with E-state index in [1.54, 1.807) is 24.3 Å². The third kappa shape index (κ3) is 4.06. The number of benzene rings is 1. The first-order chi connectivity index (χ1) is 9.66. The van der Waals surface area contributed by atoms with Gasteiger partial charge in [-0.3, -0.25) is 9.59 Å². The second kappa shape index (κ2) is 7.05. The highest BCUT2D eigenvalue weighted by Gasteiger charge is 2.16. The fraction of sp³-hybridized carbons (Fsp3) is 0.467. The predicted octanol–water partition coefficient (Wildman–Crippen LogP) is 2.07. The highest BCUT2D eigenvalue weighted by atomic mass is 16.5. The number of nitrogens with one attached hydrogen (secondary N) is 1. The summed E-state index contributed by atoms with van der Waals surface area (Å²) in [6.07, 6.45) is 5.79. The highest BCUT2D eigenvalue weighted by Crippen LogP contribution is 2.20. The summed E-state index contributed by atoms with van der Waals surface area (Å²) in [7, 11) is 0. The summed E-state index contributed by atoms with van der Waals surface area (Å²) >= 11 is 0. The van der Waals surface area contributed by atoms with Crippen LogP contribution in [0.4, 0.5) is 5.69 Å². The van der Waals surface area contributed by atoms with Gasteiger partial charge < -0.3 is 15.8 Å². The number of hydrogen-bond acceptors (Lipinski definition) is 3. The van der Waals surface area contributed by atoms with E-state index in [4.69, 9.17) is 10.5 Å². The van der Waals surface area contributed by atoms with Gasteiger partial charge in [-0.05, 0) is 25.0 Å². The van der Waals surface area contributed by atoms with Crippen LogP contribution in [0.25, 0.3) is 0 Å². The third-order valence-corrected chi connectivity index (χ3v) is 3.47. The number of primary amides is 1. The molecule has 0 saturated heterocycles. The van der Waals surface area contributed by atoms with Crippen molar-refractivity contribution in [3.05, 3.63) is 29.8 Å². The van der Waals surface area contributed by atoms with Crippen molar-refractivity contribution in [2.24, 2.45) is 5.73 Å². The number of anilines is 1. The lowest BCUT2D eigenvalue weighted by Crippen LogP contribution is -2.25. The number of nitrogens with two attached hydrogens (primary N) is 1. The van der Waals surface area contributed by atoms with Crippen LogP contribution in [0.3, 0.4) is 0 Å². The molecule has 2 amide bonds. The van der Waals surface area contributed by atoms with E-state index >= 15 is 0 Å². The monoisotopic (exact) mass is 276 g/mol. The minimum Gasteiger partial charge on any atom is -0.368 e. The number of carbonyl (C=O) groups excluding carboxylic acids is 2. The van der Waals surface area contributed by atoms with Crippen LogP contribution in [0.5, 0.6) is 0 Å². The van der Waals surface area contributed by atoms with Gasteiger partial charge in [0.15, 0.2) is 0 Å². The molecule has 1 aliphatic carbocycles. The molecule has 1 saturated carbocycles. The zero-order valence-electron chi connectivity index (χ0n) is 11.4. The van der Waals surface area contributed by atoms with Gasteiger partial charge in [-0.25, -0.2) is 0 Å². The molecule has 3 N–H and O–H groups in total. The Morgan fingerprint density at radius 3 is 2.60 bits per heavy atom. The first kappa shape index (κ1) is 14.5. The first-order valence-electron chi connectivity index (χ1n) is 6.97. The van der Waals surface area contributed by atoms with Gasteiger partial charge >= 0.3 is 0 Å². The lowest BCUT2D eigenvalue weighted by molar-refractivity contribution is -0.123. The molecular weight excluding hydrogens is 256 g/mol. The van der Waals surface area contributed by atoms with Crippen molar-refractivity contribution in [3.8, 4) is 0 Å². The normalized spacial score (nSPS) is 15.8. The van der Waals surface area contributed by atoms with Crippen LogP contribution < -0.4 is 11.1 Å². The van der Waals surface area contributed by atoms with E-state index in [1.165, 1.54) is 6.42 Å². The van der Waals surface area contributed by atoms with Gasteiger partial charge in [0.05, 0.1) is 17.4 Å². The van der Waals surface area contributed by atoms with Crippen LogP contribution in [0, 0.1) is 0 Å². The zero-order valence-corrected chi connectivity index (χ0v) is 11.4. The third-order valence-electron chi connectivity index (χ3n) is 3.47. The maximum atomic E-state index is 11.8. The average Bonchev–Trinajstić information content (AvgIpc) is 2.46. The summed E-state index contributed by atoms with van der Waals surface area (Å²) in [6.45, 7) is 0.0117. The van der Waals surface area contributed by atoms with E-state index in [2.05, 4.69) is 5.32 Å². The Morgan fingerprint density at radius 1 is 1.20 bits per heavy atom. The summed E-state index contributed by atoms with van der Waals surface area (Å²) in [6, 6.07) is 6.68. The van der Waals surface area contributed by atoms with Gasteiger partial charge in [0.2, 0.25) is 5.91 Å². The number of rotatable bonds is 5. The fourth-order valence-corrected chi connectivity index (χ4v) is 2.42. The topological polar surface area (TPSA) is 81.4 Å². The summed E-state index contributed by atoms with van der Waals surface area (Å²) in [5, 5.41) is 2.67. The molecule has 0 bridgehead atoms.